The van der Waals surface area contributed by atoms with Crippen LogP contribution in [0.3, 0.4) is 0 Å². The maximum absolute atomic E-state index is 12.2. The van der Waals surface area contributed by atoms with Gasteiger partial charge < -0.3 is 10.1 Å². The second kappa shape index (κ2) is 7.19. The molecule has 0 saturated carbocycles. The molecule has 0 unspecified atom stereocenters. The predicted octanol–water partition coefficient (Wildman–Crippen LogP) is 1.66. The summed E-state index contributed by atoms with van der Waals surface area (Å²) in [6.07, 6.45) is -1.03. The van der Waals surface area contributed by atoms with Crippen LogP contribution in [-0.4, -0.2) is 47.8 Å². The lowest BCUT2D eigenvalue weighted by Crippen LogP contribution is -2.40. The first kappa shape index (κ1) is 18.2. The molecule has 1 atom stereocenters. The van der Waals surface area contributed by atoms with Gasteiger partial charge in [-0.2, -0.15) is 0 Å². The molecule has 0 aliphatic carbocycles. The van der Waals surface area contributed by atoms with E-state index in [1.165, 1.54) is 19.1 Å². The van der Waals surface area contributed by atoms with Crippen LogP contribution in [0.15, 0.2) is 12.1 Å². The Morgan fingerprint density at radius 3 is 2.12 bits per heavy atom. The minimum atomic E-state index is -1.03. The molecule has 9 heteroatoms. The molecule has 7 nitrogen and oxygen atoms in total. The van der Waals surface area contributed by atoms with Crippen molar-refractivity contribution in [1.29, 1.82) is 0 Å². The number of carbonyl (C=O) groups is 4. The van der Waals surface area contributed by atoms with Crippen molar-refractivity contribution >= 4 is 46.9 Å². The van der Waals surface area contributed by atoms with Crippen LogP contribution in [0.5, 0.6) is 0 Å². The minimum absolute atomic E-state index is 0.0685. The van der Waals surface area contributed by atoms with Crippen LogP contribution in [0, 0.1) is 0 Å². The molecule has 1 heterocycles. The largest absolute Gasteiger partial charge is 0.451 e. The standard InChI is InChI=1S/C15H14Cl2N2O5/c1-3-18-13(21)7(2)24-12(20)6-19-14(22)8-4-10(16)11(17)5-9(8)15(19)23/h4-5,7H,3,6H2,1-2H3,(H,18,21)/t7-/m0/s1. The molecule has 1 aromatic carbocycles. The maximum atomic E-state index is 12.2. The number of imide groups is 1. The number of ether oxygens (including phenoxy) is 1. The molecular weight excluding hydrogens is 359 g/mol. The molecule has 0 bridgehead atoms. The molecular formula is C15H14Cl2N2O5. The summed E-state index contributed by atoms with van der Waals surface area (Å²) >= 11 is 11.7. The van der Waals surface area contributed by atoms with Gasteiger partial charge in [0.1, 0.15) is 6.54 Å². The molecule has 0 aromatic heterocycles. The Labute approximate surface area is 147 Å². The average Bonchev–Trinajstić information content (AvgIpc) is 2.73. The number of carbonyl (C=O) groups excluding carboxylic acids is 4. The Hall–Kier alpha value is -2.12. The highest BCUT2D eigenvalue weighted by atomic mass is 35.5. The molecule has 1 aromatic rings. The van der Waals surface area contributed by atoms with Crippen molar-refractivity contribution in [1.82, 2.24) is 10.2 Å². The average molecular weight is 373 g/mol. The fourth-order valence-corrected chi connectivity index (χ4v) is 2.49. The Bertz CT molecular complexity index is 694. The zero-order valence-corrected chi connectivity index (χ0v) is 14.4. The van der Waals surface area contributed by atoms with E-state index in [-0.39, 0.29) is 21.2 Å². The smallest absolute Gasteiger partial charge is 0.326 e. The molecule has 1 aliphatic heterocycles. The number of hydrogen-bond donors (Lipinski definition) is 1. The fraction of sp³-hybridized carbons (Fsp3) is 0.333. The number of rotatable bonds is 5. The Kier molecular flexibility index (Phi) is 5.46. The molecule has 0 radical (unpaired) electrons. The lowest BCUT2D eigenvalue weighted by Gasteiger charge is -2.16. The summed E-state index contributed by atoms with van der Waals surface area (Å²) in [5.41, 5.74) is 0.137. The van der Waals surface area contributed by atoms with Crippen LogP contribution in [0.2, 0.25) is 10.0 Å². The summed E-state index contributed by atoms with van der Waals surface area (Å²) in [5, 5.41) is 2.76. The van der Waals surface area contributed by atoms with Gasteiger partial charge in [0.25, 0.3) is 17.7 Å². The zero-order chi connectivity index (χ0) is 18.0. The van der Waals surface area contributed by atoms with Crippen molar-refractivity contribution in [2.24, 2.45) is 0 Å². The van der Waals surface area contributed by atoms with E-state index in [0.717, 1.165) is 4.90 Å². The number of benzene rings is 1. The van der Waals surface area contributed by atoms with Gasteiger partial charge in [0.2, 0.25) is 0 Å². The first-order chi connectivity index (χ1) is 11.3. The van der Waals surface area contributed by atoms with Crippen LogP contribution < -0.4 is 5.32 Å². The van der Waals surface area contributed by atoms with E-state index >= 15 is 0 Å². The van der Waals surface area contributed by atoms with E-state index in [1.54, 1.807) is 6.92 Å². The molecule has 24 heavy (non-hydrogen) atoms. The van der Waals surface area contributed by atoms with Crippen molar-refractivity contribution in [2.45, 2.75) is 20.0 Å². The summed E-state index contributed by atoms with van der Waals surface area (Å²) in [6.45, 7) is 2.90. The van der Waals surface area contributed by atoms with Gasteiger partial charge in [0.05, 0.1) is 21.2 Å². The third-order valence-corrected chi connectivity index (χ3v) is 4.05. The van der Waals surface area contributed by atoms with E-state index in [1.807, 2.05) is 0 Å². The molecule has 0 spiro atoms. The summed E-state index contributed by atoms with van der Waals surface area (Å²) < 4.78 is 4.92. The van der Waals surface area contributed by atoms with Crippen molar-refractivity contribution in [3.63, 3.8) is 0 Å². The minimum Gasteiger partial charge on any atom is -0.451 e. The summed E-state index contributed by atoms with van der Waals surface area (Å²) in [6, 6.07) is 2.56. The number of amides is 3. The number of fused-ring (bicyclic) bond motifs is 1. The van der Waals surface area contributed by atoms with Gasteiger partial charge in [0.15, 0.2) is 6.10 Å². The van der Waals surface area contributed by atoms with Gasteiger partial charge in [-0.25, -0.2) is 0 Å². The number of likely N-dealkylation sites (N-methyl/N-ethyl adjacent to an activating group) is 1. The summed E-state index contributed by atoms with van der Waals surface area (Å²) in [4.78, 5) is 48.6. The second-order valence-electron chi connectivity index (χ2n) is 5.04. The first-order valence-electron chi connectivity index (χ1n) is 7.08. The van der Waals surface area contributed by atoms with Crippen molar-refractivity contribution in [3.8, 4) is 0 Å². The van der Waals surface area contributed by atoms with Gasteiger partial charge >= 0.3 is 5.97 Å². The Morgan fingerprint density at radius 1 is 1.17 bits per heavy atom. The maximum Gasteiger partial charge on any atom is 0.326 e. The second-order valence-corrected chi connectivity index (χ2v) is 5.85. The van der Waals surface area contributed by atoms with Crippen LogP contribution >= 0.6 is 23.2 Å². The first-order valence-corrected chi connectivity index (χ1v) is 7.84. The lowest BCUT2D eigenvalue weighted by atomic mass is 10.1. The molecule has 1 aliphatic rings. The van der Waals surface area contributed by atoms with Crippen LogP contribution in [0.1, 0.15) is 34.6 Å². The Morgan fingerprint density at radius 2 is 1.67 bits per heavy atom. The van der Waals surface area contributed by atoms with E-state index in [2.05, 4.69) is 5.32 Å². The van der Waals surface area contributed by atoms with Crippen molar-refractivity contribution < 1.29 is 23.9 Å². The SMILES string of the molecule is CCNC(=O)[C@H](C)OC(=O)CN1C(=O)c2cc(Cl)c(Cl)cc2C1=O. The number of halogens is 2. The highest BCUT2D eigenvalue weighted by Crippen LogP contribution is 2.31. The van der Waals surface area contributed by atoms with E-state index in [4.69, 9.17) is 27.9 Å². The molecule has 0 saturated heterocycles. The van der Waals surface area contributed by atoms with Crippen LogP contribution in [-0.2, 0) is 14.3 Å². The van der Waals surface area contributed by atoms with Gasteiger partial charge in [-0.05, 0) is 26.0 Å². The molecule has 1 N–H and O–H groups in total. The van der Waals surface area contributed by atoms with Crippen molar-refractivity contribution in [3.05, 3.63) is 33.3 Å². The Balaban J connectivity index is 2.09. The molecule has 2 rings (SSSR count). The molecule has 128 valence electrons. The van der Waals surface area contributed by atoms with Crippen LogP contribution in [0.25, 0.3) is 0 Å². The number of hydrogen-bond acceptors (Lipinski definition) is 5. The quantitative estimate of drug-likeness (QED) is 0.626. The van der Waals surface area contributed by atoms with E-state index in [9.17, 15) is 19.2 Å². The van der Waals surface area contributed by atoms with Crippen LogP contribution in [0.4, 0.5) is 0 Å². The normalized spacial score (nSPS) is 14.4. The van der Waals surface area contributed by atoms with E-state index < -0.39 is 36.3 Å². The monoisotopic (exact) mass is 372 g/mol. The number of nitrogens with one attached hydrogen (secondary N) is 1. The number of nitrogens with zero attached hydrogens (tertiary/aromatic N) is 1. The molecule has 0 fully saturated rings. The summed E-state index contributed by atoms with van der Waals surface area (Å²) in [7, 11) is 0. The third kappa shape index (κ3) is 3.52. The lowest BCUT2D eigenvalue weighted by molar-refractivity contribution is -0.154. The molecule has 3 amide bonds. The van der Waals surface area contributed by atoms with Gasteiger partial charge in [-0.1, -0.05) is 23.2 Å². The van der Waals surface area contributed by atoms with Gasteiger partial charge in [-0.3, -0.25) is 24.1 Å². The zero-order valence-electron chi connectivity index (χ0n) is 12.9. The highest BCUT2D eigenvalue weighted by Gasteiger charge is 2.38. The topological polar surface area (TPSA) is 92.8 Å². The van der Waals surface area contributed by atoms with Crippen molar-refractivity contribution in [2.75, 3.05) is 13.1 Å². The number of esters is 1. The van der Waals surface area contributed by atoms with Gasteiger partial charge in [0, 0.05) is 6.54 Å². The predicted molar refractivity (Wildman–Crippen MR) is 86.1 cm³/mol. The summed E-state index contributed by atoms with van der Waals surface area (Å²) in [5.74, 6) is -2.68. The third-order valence-electron chi connectivity index (χ3n) is 3.33. The van der Waals surface area contributed by atoms with E-state index in [0.29, 0.717) is 6.54 Å². The van der Waals surface area contributed by atoms with Gasteiger partial charge in [-0.15, -0.1) is 0 Å². The fourth-order valence-electron chi connectivity index (χ4n) is 2.16. The highest BCUT2D eigenvalue weighted by molar-refractivity contribution is 6.43.